The van der Waals surface area contributed by atoms with Gasteiger partial charge in [0, 0.05) is 37.9 Å². The summed E-state index contributed by atoms with van der Waals surface area (Å²) in [7, 11) is 0. The van der Waals surface area contributed by atoms with Crippen molar-refractivity contribution in [3.8, 4) is 0 Å². The third-order valence-electron chi connectivity index (χ3n) is 9.10. The number of alkyl halides is 1. The zero-order chi connectivity index (χ0) is 32.5. The number of hydrogen-bond donors (Lipinski definition) is 2. The molecule has 2 aliphatic heterocycles. The highest BCUT2D eigenvalue weighted by Crippen LogP contribution is 2.24. The molecule has 0 spiro atoms. The van der Waals surface area contributed by atoms with Crippen LogP contribution in [0, 0.1) is 11.8 Å². The van der Waals surface area contributed by atoms with Crippen LogP contribution in [-0.4, -0.2) is 63.6 Å². The van der Waals surface area contributed by atoms with Crippen LogP contribution in [0.1, 0.15) is 50.7 Å². The average Bonchev–Trinajstić information content (AvgIpc) is 3.45. The van der Waals surface area contributed by atoms with Crippen LogP contribution in [0.2, 0.25) is 0 Å². The topological polar surface area (TPSA) is 98.6 Å². The minimum Gasteiger partial charge on any atom is -0.408 e. The number of aromatic amines is 1. The van der Waals surface area contributed by atoms with Crippen molar-refractivity contribution >= 4 is 44.5 Å². The van der Waals surface area contributed by atoms with Crippen LogP contribution >= 0.6 is 15.9 Å². The summed E-state index contributed by atoms with van der Waals surface area (Å²) in [4.78, 5) is 42.4. The molecule has 0 saturated carbocycles. The lowest BCUT2D eigenvalue weighted by Gasteiger charge is -2.34. The van der Waals surface area contributed by atoms with Gasteiger partial charge in [-0.15, -0.1) is 0 Å². The average molecular weight is 690 g/mol. The van der Waals surface area contributed by atoms with Crippen molar-refractivity contribution in [1.29, 1.82) is 0 Å². The van der Waals surface area contributed by atoms with E-state index in [1.807, 2.05) is 35.8 Å². The van der Waals surface area contributed by atoms with E-state index in [0.29, 0.717) is 17.0 Å². The third-order valence-corrected chi connectivity index (χ3v) is 9.49. The number of rotatable bonds is 8. The zero-order valence-electron chi connectivity index (χ0n) is 26.8. The Morgan fingerprint density at radius 3 is 1.80 bits per heavy atom. The predicted molar refractivity (Wildman–Crippen MR) is 187 cm³/mol. The van der Waals surface area contributed by atoms with Gasteiger partial charge in [-0.05, 0) is 87.5 Å². The van der Waals surface area contributed by atoms with Gasteiger partial charge in [-0.2, -0.15) is 0 Å². The second kappa shape index (κ2) is 16.1. The number of aromatic nitrogens is 1. The van der Waals surface area contributed by atoms with Gasteiger partial charge >= 0.3 is 5.76 Å². The fraction of sp³-hybridized carbons (Fsp3) is 0.432. The molecule has 3 aromatic carbocycles. The SMILES string of the molecule is CC(Br)C(=O)N1CCC(Cc2ccccc2)CC1.CC(Nc1ccc2[nH]c(=O)oc2c1)C(=O)N1CCC(Cc2ccccc2)CC1. The molecule has 2 N–H and O–H groups in total. The molecule has 0 aliphatic carbocycles. The van der Waals surface area contributed by atoms with E-state index >= 15 is 0 Å². The molecule has 2 aliphatic rings. The van der Waals surface area contributed by atoms with Gasteiger partial charge in [0.05, 0.1) is 10.3 Å². The van der Waals surface area contributed by atoms with E-state index in [9.17, 15) is 14.4 Å². The molecule has 2 fully saturated rings. The van der Waals surface area contributed by atoms with Crippen LogP contribution < -0.4 is 11.1 Å². The molecule has 2 atom stereocenters. The Bertz CT molecular complexity index is 1600. The fourth-order valence-electron chi connectivity index (χ4n) is 6.48. The number of carbonyl (C=O) groups is 2. The van der Waals surface area contributed by atoms with E-state index in [-0.39, 0.29) is 22.7 Å². The van der Waals surface area contributed by atoms with Crippen molar-refractivity contribution in [3.63, 3.8) is 0 Å². The summed E-state index contributed by atoms with van der Waals surface area (Å²) >= 11 is 3.35. The highest BCUT2D eigenvalue weighted by atomic mass is 79.9. The number of nitrogens with one attached hydrogen (secondary N) is 2. The summed E-state index contributed by atoms with van der Waals surface area (Å²) in [6, 6.07) is 26.2. The first-order valence-electron chi connectivity index (χ1n) is 16.4. The number of benzene rings is 3. The maximum atomic E-state index is 12.8. The fourth-order valence-corrected chi connectivity index (χ4v) is 6.77. The number of halogens is 1. The van der Waals surface area contributed by atoms with Crippen molar-refractivity contribution in [2.75, 3.05) is 31.5 Å². The molecule has 2 unspecified atom stereocenters. The second-order valence-corrected chi connectivity index (χ2v) is 14.0. The van der Waals surface area contributed by atoms with Crippen LogP contribution in [0.15, 0.2) is 88.1 Å². The monoisotopic (exact) mass is 688 g/mol. The van der Waals surface area contributed by atoms with Crippen LogP contribution in [-0.2, 0) is 22.4 Å². The first-order chi connectivity index (χ1) is 22.2. The van der Waals surface area contributed by atoms with Gasteiger partial charge in [0.2, 0.25) is 11.8 Å². The maximum Gasteiger partial charge on any atom is 0.417 e. The maximum absolute atomic E-state index is 12.8. The summed E-state index contributed by atoms with van der Waals surface area (Å²) in [5, 5.41) is 3.22. The highest BCUT2D eigenvalue weighted by Gasteiger charge is 2.27. The lowest BCUT2D eigenvalue weighted by molar-refractivity contribution is -0.133. The Kier molecular flexibility index (Phi) is 11.7. The number of likely N-dealkylation sites (tertiary alicyclic amines) is 2. The Labute approximate surface area is 279 Å². The van der Waals surface area contributed by atoms with Crippen molar-refractivity contribution < 1.29 is 14.0 Å². The number of carbonyl (C=O) groups excluding carboxylic acids is 2. The summed E-state index contributed by atoms with van der Waals surface area (Å²) < 4.78 is 5.08. The Morgan fingerprint density at radius 2 is 1.30 bits per heavy atom. The summed E-state index contributed by atoms with van der Waals surface area (Å²) in [5.41, 5.74) is 4.67. The van der Waals surface area contributed by atoms with E-state index in [1.54, 1.807) is 12.1 Å². The Morgan fingerprint density at radius 1 is 0.804 bits per heavy atom. The Balaban J connectivity index is 0.000000200. The van der Waals surface area contributed by atoms with Crippen molar-refractivity contribution in [3.05, 3.63) is 101 Å². The van der Waals surface area contributed by atoms with Gasteiger partial charge in [0.1, 0.15) is 6.04 Å². The van der Waals surface area contributed by atoms with E-state index in [2.05, 4.69) is 80.8 Å². The first kappa shape index (κ1) is 33.5. The van der Waals surface area contributed by atoms with E-state index in [1.165, 1.54) is 11.1 Å². The number of amides is 2. The largest absolute Gasteiger partial charge is 0.417 e. The van der Waals surface area contributed by atoms with Gasteiger partial charge in [-0.3, -0.25) is 14.6 Å². The molecule has 3 heterocycles. The predicted octanol–water partition coefficient (Wildman–Crippen LogP) is 6.65. The quantitative estimate of drug-likeness (QED) is 0.202. The molecule has 1 aromatic heterocycles. The third kappa shape index (κ3) is 9.34. The first-order valence-corrected chi connectivity index (χ1v) is 17.4. The Hall–Kier alpha value is -3.85. The standard InChI is InChI=1S/C22H25N3O3.C15H20BrNO/c1-15(23-18-7-8-19-20(14-18)28-22(27)24-19)21(26)25-11-9-17(10-12-25)13-16-5-3-2-4-6-16;1-12(16)15(18)17-9-7-14(8-10-17)11-13-5-3-2-4-6-13/h2-8,14-15,17,23H,9-13H2,1H3,(H,24,27);2-6,12,14H,7-11H2,1H3. The molecule has 8 nitrogen and oxygen atoms in total. The van der Waals surface area contributed by atoms with Gasteiger partial charge in [-0.1, -0.05) is 76.6 Å². The number of fused-ring (bicyclic) bond motifs is 1. The number of nitrogens with zero attached hydrogens (tertiary/aromatic N) is 2. The lowest BCUT2D eigenvalue weighted by atomic mass is 9.90. The zero-order valence-corrected chi connectivity index (χ0v) is 28.4. The molecule has 0 radical (unpaired) electrons. The van der Waals surface area contributed by atoms with Gasteiger partial charge in [0.25, 0.3) is 0 Å². The van der Waals surface area contributed by atoms with Gasteiger partial charge < -0.3 is 19.5 Å². The van der Waals surface area contributed by atoms with Crippen LogP contribution in [0.3, 0.4) is 0 Å². The number of piperidine rings is 2. The summed E-state index contributed by atoms with van der Waals surface area (Å²) in [6.45, 7) is 7.19. The second-order valence-electron chi connectivity index (χ2n) is 12.6. The molecule has 46 heavy (non-hydrogen) atoms. The minimum atomic E-state index is -0.477. The van der Waals surface area contributed by atoms with Gasteiger partial charge in [-0.25, -0.2) is 4.79 Å². The number of H-pyrrole nitrogens is 1. The van der Waals surface area contributed by atoms with Crippen molar-refractivity contribution in [2.45, 2.75) is 63.2 Å². The van der Waals surface area contributed by atoms with E-state index < -0.39 is 5.76 Å². The number of oxazole rings is 1. The number of anilines is 1. The molecular weight excluding hydrogens is 644 g/mol. The van der Waals surface area contributed by atoms with E-state index in [4.69, 9.17) is 4.42 Å². The summed E-state index contributed by atoms with van der Waals surface area (Å²) in [6.07, 6.45) is 6.55. The van der Waals surface area contributed by atoms with E-state index in [0.717, 1.165) is 76.3 Å². The van der Waals surface area contributed by atoms with Crippen LogP contribution in [0.5, 0.6) is 0 Å². The highest BCUT2D eigenvalue weighted by molar-refractivity contribution is 9.10. The lowest BCUT2D eigenvalue weighted by Crippen LogP contribution is -2.45. The summed E-state index contributed by atoms with van der Waals surface area (Å²) in [5.74, 6) is 1.22. The molecule has 2 amide bonds. The van der Waals surface area contributed by atoms with Gasteiger partial charge in [0.15, 0.2) is 5.58 Å². The number of hydrogen-bond acceptors (Lipinski definition) is 5. The van der Waals surface area contributed by atoms with Crippen LogP contribution in [0.4, 0.5) is 5.69 Å². The molecule has 6 rings (SSSR count). The normalized spacial score (nSPS) is 17.2. The molecule has 2 saturated heterocycles. The van der Waals surface area contributed by atoms with Crippen molar-refractivity contribution in [2.24, 2.45) is 11.8 Å². The molecule has 0 bridgehead atoms. The molecule has 9 heteroatoms. The molecular formula is C37H45BrN4O4. The molecule has 4 aromatic rings. The smallest absolute Gasteiger partial charge is 0.408 e. The minimum absolute atomic E-state index is 0.0526. The molecule has 244 valence electrons. The van der Waals surface area contributed by atoms with Crippen molar-refractivity contribution in [1.82, 2.24) is 14.8 Å². The van der Waals surface area contributed by atoms with Crippen LogP contribution in [0.25, 0.3) is 11.1 Å².